The lowest BCUT2D eigenvalue weighted by atomic mass is 9.90. The Balaban J connectivity index is 2.41. The highest BCUT2D eigenvalue weighted by Crippen LogP contribution is 2.32. The predicted octanol–water partition coefficient (Wildman–Crippen LogP) is 2.11. The molecule has 0 unspecified atom stereocenters. The standard InChI is InChI=1S/C11H5ClN2O2/c12-11-13-7-5-3-1-2-4-6(5)9(15)10(16)8(7)14-11/h1-4H,(H,13,14). The van der Waals surface area contributed by atoms with Crippen LogP contribution in [-0.2, 0) is 0 Å². The summed E-state index contributed by atoms with van der Waals surface area (Å²) in [5.41, 5.74) is 1.65. The van der Waals surface area contributed by atoms with Gasteiger partial charge in [-0.15, -0.1) is 0 Å². The number of fused-ring (bicyclic) bond motifs is 3. The van der Waals surface area contributed by atoms with Gasteiger partial charge in [0.2, 0.25) is 11.1 Å². The van der Waals surface area contributed by atoms with Crippen molar-refractivity contribution in [2.75, 3.05) is 0 Å². The molecule has 5 heteroatoms. The van der Waals surface area contributed by atoms with Crippen LogP contribution in [0.25, 0.3) is 11.3 Å². The molecule has 0 saturated carbocycles. The Morgan fingerprint density at radius 3 is 2.50 bits per heavy atom. The molecule has 1 aromatic heterocycles. The van der Waals surface area contributed by atoms with Crippen LogP contribution in [0.3, 0.4) is 0 Å². The van der Waals surface area contributed by atoms with Crippen LogP contribution >= 0.6 is 11.6 Å². The van der Waals surface area contributed by atoms with E-state index in [1.54, 1.807) is 24.3 Å². The minimum atomic E-state index is -0.590. The van der Waals surface area contributed by atoms with Crippen molar-refractivity contribution in [3.05, 3.63) is 40.8 Å². The number of hydrogen-bond acceptors (Lipinski definition) is 3. The third-order valence-corrected chi connectivity index (χ3v) is 2.71. The third kappa shape index (κ3) is 1.07. The molecule has 4 nitrogen and oxygen atoms in total. The van der Waals surface area contributed by atoms with Gasteiger partial charge in [-0.1, -0.05) is 24.3 Å². The number of aromatic amines is 1. The maximum atomic E-state index is 11.7. The fourth-order valence-electron chi connectivity index (χ4n) is 1.83. The van der Waals surface area contributed by atoms with Gasteiger partial charge in [0.05, 0.1) is 0 Å². The summed E-state index contributed by atoms with van der Waals surface area (Å²) < 4.78 is 0. The van der Waals surface area contributed by atoms with Crippen LogP contribution in [0.1, 0.15) is 20.8 Å². The highest BCUT2D eigenvalue weighted by molar-refractivity contribution is 6.52. The molecule has 78 valence electrons. The number of rotatable bonds is 0. The van der Waals surface area contributed by atoms with Crippen LogP contribution < -0.4 is 0 Å². The number of benzene rings is 1. The van der Waals surface area contributed by atoms with Crippen LogP contribution in [0.5, 0.6) is 0 Å². The molecule has 16 heavy (non-hydrogen) atoms. The average molecular weight is 233 g/mol. The highest BCUT2D eigenvalue weighted by atomic mass is 35.5. The van der Waals surface area contributed by atoms with Gasteiger partial charge in [0.25, 0.3) is 5.78 Å². The van der Waals surface area contributed by atoms with Gasteiger partial charge in [-0.25, -0.2) is 4.98 Å². The second kappa shape index (κ2) is 3.02. The fraction of sp³-hybridized carbons (Fsp3) is 0. The van der Waals surface area contributed by atoms with Crippen molar-refractivity contribution in [3.63, 3.8) is 0 Å². The first-order chi connectivity index (χ1) is 7.68. The molecule has 1 aromatic carbocycles. The molecule has 0 atom stereocenters. The Morgan fingerprint density at radius 2 is 1.75 bits per heavy atom. The molecule has 1 heterocycles. The van der Waals surface area contributed by atoms with Crippen LogP contribution in [0.2, 0.25) is 5.28 Å². The summed E-state index contributed by atoms with van der Waals surface area (Å²) in [6, 6.07) is 6.86. The van der Waals surface area contributed by atoms with Crippen molar-refractivity contribution in [1.29, 1.82) is 0 Å². The number of aromatic nitrogens is 2. The lowest BCUT2D eigenvalue weighted by molar-refractivity contribution is 0.0812. The highest BCUT2D eigenvalue weighted by Gasteiger charge is 2.32. The van der Waals surface area contributed by atoms with E-state index in [0.717, 1.165) is 0 Å². The normalized spacial score (nSPS) is 13.6. The summed E-state index contributed by atoms with van der Waals surface area (Å²) in [6.45, 7) is 0. The topological polar surface area (TPSA) is 62.8 Å². The van der Waals surface area contributed by atoms with E-state index in [-0.39, 0.29) is 11.0 Å². The van der Waals surface area contributed by atoms with Crippen LogP contribution in [-0.4, -0.2) is 21.5 Å². The first-order valence-corrected chi connectivity index (χ1v) is 5.00. The van der Waals surface area contributed by atoms with Crippen LogP contribution in [0, 0.1) is 0 Å². The van der Waals surface area contributed by atoms with E-state index in [0.29, 0.717) is 16.8 Å². The molecule has 2 aromatic rings. The molecule has 0 saturated heterocycles. The van der Waals surface area contributed by atoms with Gasteiger partial charge < -0.3 is 4.98 Å². The van der Waals surface area contributed by atoms with Gasteiger partial charge >= 0.3 is 0 Å². The number of nitrogens with one attached hydrogen (secondary N) is 1. The van der Waals surface area contributed by atoms with Gasteiger partial charge in [0, 0.05) is 11.1 Å². The van der Waals surface area contributed by atoms with E-state index in [9.17, 15) is 9.59 Å². The molecule has 1 N–H and O–H groups in total. The quantitative estimate of drug-likeness (QED) is 0.708. The van der Waals surface area contributed by atoms with E-state index < -0.39 is 11.6 Å². The fourth-order valence-corrected chi connectivity index (χ4v) is 2.01. The summed E-state index contributed by atoms with van der Waals surface area (Å²) in [4.78, 5) is 30.1. The van der Waals surface area contributed by atoms with Gasteiger partial charge in [-0.05, 0) is 11.6 Å². The molecular formula is C11H5ClN2O2. The van der Waals surface area contributed by atoms with E-state index in [1.165, 1.54) is 0 Å². The zero-order chi connectivity index (χ0) is 11.3. The van der Waals surface area contributed by atoms with Crippen LogP contribution in [0.15, 0.2) is 24.3 Å². The van der Waals surface area contributed by atoms with E-state index in [4.69, 9.17) is 11.6 Å². The number of imidazole rings is 1. The van der Waals surface area contributed by atoms with E-state index in [2.05, 4.69) is 9.97 Å². The summed E-state index contributed by atoms with van der Waals surface area (Å²) in [5, 5.41) is 0.114. The molecule has 0 radical (unpaired) electrons. The number of carbonyl (C=O) groups is 2. The summed E-state index contributed by atoms with van der Waals surface area (Å²) >= 11 is 5.70. The maximum Gasteiger partial charge on any atom is 0.251 e. The first-order valence-electron chi connectivity index (χ1n) is 4.62. The number of nitrogens with zero attached hydrogens (tertiary/aromatic N) is 1. The average Bonchev–Trinajstić information content (AvgIpc) is 2.68. The van der Waals surface area contributed by atoms with Crippen molar-refractivity contribution in [2.45, 2.75) is 0 Å². The van der Waals surface area contributed by atoms with Gasteiger partial charge in [0.15, 0.2) is 0 Å². The number of H-pyrrole nitrogens is 1. The minimum Gasteiger partial charge on any atom is -0.325 e. The van der Waals surface area contributed by atoms with Gasteiger partial charge in [-0.2, -0.15) is 0 Å². The molecule has 0 fully saturated rings. The molecule has 0 aliphatic heterocycles. The molecule has 0 bridgehead atoms. The van der Waals surface area contributed by atoms with E-state index >= 15 is 0 Å². The monoisotopic (exact) mass is 232 g/mol. The zero-order valence-electron chi connectivity index (χ0n) is 7.95. The van der Waals surface area contributed by atoms with Crippen molar-refractivity contribution < 1.29 is 9.59 Å². The summed E-state index contributed by atoms with van der Waals surface area (Å²) in [5.74, 6) is -1.11. The van der Waals surface area contributed by atoms with Crippen LogP contribution in [0.4, 0.5) is 0 Å². The third-order valence-electron chi connectivity index (χ3n) is 2.54. The molecule has 1 aliphatic carbocycles. The summed E-state index contributed by atoms with van der Waals surface area (Å²) in [6.07, 6.45) is 0. The van der Waals surface area contributed by atoms with Crippen molar-refractivity contribution in [3.8, 4) is 11.3 Å². The Kier molecular flexibility index (Phi) is 1.76. The lowest BCUT2D eigenvalue weighted by Gasteiger charge is -2.11. The zero-order valence-corrected chi connectivity index (χ0v) is 8.71. The summed E-state index contributed by atoms with van der Waals surface area (Å²) in [7, 11) is 0. The predicted molar refractivity (Wildman–Crippen MR) is 57.7 cm³/mol. The largest absolute Gasteiger partial charge is 0.325 e. The smallest absolute Gasteiger partial charge is 0.251 e. The minimum absolute atomic E-state index is 0.114. The second-order valence-corrected chi connectivity index (χ2v) is 3.81. The Bertz CT molecular complexity index is 631. The Labute approximate surface area is 95.3 Å². The van der Waals surface area contributed by atoms with Crippen molar-refractivity contribution >= 4 is 23.2 Å². The number of hydrogen-bond donors (Lipinski definition) is 1. The number of Topliss-reactive ketones (excluding diaryl/α,β-unsaturated/α-hetero) is 2. The van der Waals surface area contributed by atoms with Gasteiger partial charge in [-0.3, -0.25) is 9.59 Å². The second-order valence-electron chi connectivity index (χ2n) is 3.46. The SMILES string of the molecule is O=C1C(=O)c2[nH]c(Cl)nc2-c2ccccc21. The molecule has 0 amide bonds. The van der Waals surface area contributed by atoms with E-state index in [1.807, 2.05) is 0 Å². The van der Waals surface area contributed by atoms with Crippen molar-refractivity contribution in [1.82, 2.24) is 9.97 Å². The van der Waals surface area contributed by atoms with Gasteiger partial charge in [0.1, 0.15) is 11.4 Å². The molecule has 1 aliphatic rings. The molecule has 0 spiro atoms. The Hall–Kier alpha value is -1.94. The first kappa shape index (κ1) is 9.30. The molecular weight excluding hydrogens is 228 g/mol. The number of carbonyl (C=O) groups excluding carboxylic acids is 2. The van der Waals surface area contributed by atoms with Crippen molar-refractivity contribution in [2.24, 2.45) is 0 Å². The lowest BCUT2D eigenvalue weighted by Crippen LogP contribution is -2.21. The Morgan fingerprint density at radius 1 is 1.06 bits per heavy atom. The number of halogens is 1. The molecule has 3 rings (SSSR count). The maximum absolute atomic E-state index is 11.7. The number of ketones is 2.